The van der Waals surface area contributed by atoms with Crippen LogP contribution in [0.4, 0.5) is 11.4 Å². The molecule has 29 heavy (non-hydrogen) atoms. The van der Waals surface area contributed by atoms with Gasteiger partial charge in [0.15, 0.2) is 0 Å². The van der Waals surface area contributed by atoms with Gasteiger partial charge in [0.25, 0.3) is 11.5 Å². The van der Waals surface area contributed by atoms with Crippen LogP contribution in [-0.4, -0.2) is 41.8 Å². The third-order valence-corrected chi connectivity index (χ3v) is 5.58. The normalized spacial score (nSPS) is 16.1. The third-order valence-electron chi connectivity index (χ3n) is 5.58. The number of hydrogen-bond acceptors (Lipinski definition) is 5. The number of amides is 1. The average molecular weight is 390 g/mol. The van der Waals surface area contributed by atoms with Crippen LogP contribution in [0.25, 0.3) is 10.9 Å². The molecular weight excluding hydrogens is 368 g/mol. The minimum atomic E-state index is -0.214. The zero-order valence-corrected chi connectivity index (χ0v) is 16.1. The number of rotatable bonds is 3. The number of benzene rings is 2. The van der Waals surface area contributed by atoms with Crippen LogP contribution in [0.15, 0.2) is 47.3 Å². The number of anilines is 2. The Hall–Kier alpha value is -3.19. The van der Waals surface area contributed by atoms with Crippen LogP contribution in [-0.2, 0) is 17.7 Å². The molecule has 148 valence electrons. The molecule has 1 amide bonds. The summed E-state index contributed by atoms with van der Waals surface area (Å²) >= 11 is 0. The van der Waals surface area contributed by atoms with E-state index < -0.39 is 0 Å². The Morgan fingerprint density at radius 3 is 2.62 bits per heavy atom. The van der Waals surface area contributed by atoms with Crippen LogP contribution >= 0.6 is 0 Å². The molecule has 0 bridgehead atoms. The van der Waals surface area contributed by atoms with E-state index in [9.17, 15) is 9.59 Å². The number of aryl methyl sites for hydroxylation is 1. The molecule has 1 aromatic heterocycles. The number of morpholine rings is 1. The lowest BCUT2D eigenvalue weighted by Crippen LogP contribution is -2.36. The first-order chi connectivity index (χ1) is 14.2. The summed E-state index contributed by atoms with van der Waals surface area (Å²) in [6.07, 6.45) is 1.74. The quantitative estimate of drug-likeness (QED) is 0.743. The second-order valence-electron chi connectivity index (χ2n) is 7.42. The van der Waals surface area contributed by atoms with Crippen LogP contribution in [0.3, 0.4) is 0 Å². The van der Waals surface area contributed by atoms with Gasteiger partial charge in [0.05, 0.1) is 24.1 Å². The van der Waals surface area contributed by atoms with Crippen molar-refractivity contribution in [3.63, 3.8) is 0 Å². The maximum Gasteiger partial charge on any atom is 0.261 e. The number of ether oxygens (including phenoxy) is 1. The third kappa shape index (κ3) is 3.38. The molecule has 7 heteroatoms. The summed E-state index contributed by atoms with van der Waals surface area (Å²) in [6, 6.07) is 12.9. The van der Waals surface area contributed by atoms with Gasteiger partial charge in [-0.3, -0.25) is 14.2 Å². The van der Waals surface area contributed by atoms with E-state index in [1.165, 1.54) is 0 Å². The molecule has 3 aromatic rings. The highest BCUT2D eigenvalue weighted by Crippen LogP contribution is 2.20. The zero-order chi connectivity index (χ0) is 19.8. The first-order valence-electron chi connectivity index (χ1n) is 9.97. The van der Waals surface area contributed by atoms with Crippen molar-refractivity contribution in [1.82, 2.24) is 9.55 Å². The molecule has 0 unspecified atom stereocenters. The van der Waals surface area contributed by atoms with Gasteiger partial charge >= 0.3 is 0 Å². The van der Waals surface area contributed by atoms with E-state index in [-0.39, 0.29) is 11.5 Å². The van der Waals surface area contributed by atoms with Gasteiger partial charge in [-0.1, -0.05) is 0 Å². The van der Waals surface area contributed by atoms with E-state index >= 15 is 0 Å². The van der Waals surface area contributed by atoms with Crippen molar-refractivity contribution in [3.8, 4) is 0 Å². The van der Waals surface area contributed by atoms with Gasteiger partial charge < -0.3 is 15.0 Å². The number of fused-ring (bicyclic) bond motifs is 2. The summed E-state index contributed by atoms with van der Waals surface area (Å²) in [4.78, 5) is 32.1. The molecule has 3 heterocycles. The Bertz CT molecular complexity index is 1130. The Balaban J connectivity index is 1.36. The van der Waals surface area contributed by atoms with Crippen molar-refractivity contribution < 1.29 is 9.53 Å². The van der Waals surface area contributed by atoms with Crippen molar-refractivity contribution in [2.45, 2.75) is 19.4 Å². The minimum Gasteiger partial charge on any atom is -0.378 e. The molecule has 2 aliphatic heterocycles. The number of nitrogens with zero attached hydrogens (tertiary/aromatic N) is 3. The lowest BCUT2D eigenvalue weighted by Gasteiger charge is -2.28. The van der Waals surface area contributed by atoms with Gasteiger partial charge in [-0.25, -0.2) is 4.98 Å². The first-order valence-corrected chi connectivity index (χ1v) is 9.97. The SMILES string of the molecule is O=C(Nc1ccc(N2CCOCC2)cc1)c1ccc2c(=O)n3c(nc2c1)CCC3. The summed E-state index contributed by atoms with van der Waals surface area (Å²) in [6.45, 7) is 3.95. The number of nitrogens with one attached hydrogen (secondary N) is 1. The molecule has 2 aromatic carbocycles. The molecular formula is C22H22N4O3. The van der Waals surface area contributed by atoms with Crippen molar-refractivity contribution in [1.29, 1.82) is 0 Å². The van der Waals surface area contributed by atoms with Crippen LogP contribution in [0.2, 0.25) is 0 Å². The highest BCUT2D eigenvalue weighted by atomic mass is 16.5. The summed E-state index contributed by atoms with van der Waals surface area (Å²) in [5.41, 5.74) is 2.90. The fourth-order valence-electron chi connectivity index (χ4n) is 4.01. The van der Waals surface area contributed by atoms with Gasteiger partial charge in [-0.05, 0) is 48.9 Å². The van der Waals surface area contributed by atoms with Crippen LogP contribution in [0.5, 0.6) is 0 Å². The smallest absolute Gasteiger partial charge is 0.261 e. The largest absolute Gasteiger partial charge is 0.378 e. The molecule has 1 fully saturated rings. The molecule has 0 aliphatic carbocycles. The Morgan fingerprint density at radius 1 is 1.03 bits per heavy atom. The first kappa shape index (κ1) is 17.9. The lowest BCUT2D eigenvalue weighted by molar-refractivity contribution is 0.102. The molecule has 1 saturated heterocycles. The summed E-state index contributed by atoms with van der Waals surface area (Å²) in [7, 11) is 0. The highest BCUT2D eigenvalue weighted by molar-refractivity contribution is 6.06. The summed E-state index contributed by atoms with van der Waals surface area (Å²) in [5.74, 6) is 0.590. The zero-order valence-electron chi connectivity index (χ0n) is 16.1. The van der Waals surface area contributed by atoms with E-state index in [0.29, 0.717) is 16.5 Å². The number of aromatic nitrogens is 2. The highest BCUT2D eigenvalue weighted by Gasteiger charge is 2.17. The van der Waals surface area contributed by atoms with Crippen molar-refractivity contribution in [2.75, 3.05) is 36.5 Å². The number of hydrogen-bond donors (Lipinski definition) is 1. The second kappa shape index (κ2) is 7.33. The van der Waals surface area contributed by atoms with E-state index in [1.807, 2.05) is 24.3 Å². The van der Waals surface area contributed by atoms with Crippen LogP contribution in [0, 0.1) is 0 Å². The fourth-order valence-corrected chi connectivity index (χ4v) is 4.01. The fraction of sp³-hybridized carbons (Fsp3) is 0.318. The Morgan fingerprint density at radius 2 is 1.83 bits per heavy atom. The molecule has 0 spiro atoms. The van der Waals surface area contributed by atoms with Crippen molar-refractivity contribution >= 4 is 28.2 Å². The van der Waals surface area contributed by atoms with E-state index in [1.54, 1.807) is 22.8 Å². The molecule has 1 N–H and O–H groups in total. The van der Waals surface area contributed by atoms with Gasteiger partial charge in [0.1, 0.15) is 5.82 Å². The predicted molar refractivity (Wildman–Crippen MR) is 112 cm³/mol. The Labute approximate surface area is 167 Å². The van der Waals surface area contributed by atoms with Gasteiger partial charge in [0.2, 0.25) is 0 Å². The second-order valence-corrected chi connectivity index (χ2v) is 7.42. The van der Waals surface area contributed by atoms with Crippen LogP contribution < -0.4 is 15.8 Å². The van der Waals surface area contributed by atoms with E-state index in [4.69, 9.17) is 4.74 Å². The maximum absolute atomic E-state index is 12.7. The Kier molecular flexibility index (Phi) is 4.52. The standard InChI is InChI=1S/C22H22N4O3/c27-21(23-16-4-6-17(7-5-16)25-10-12-29-13-11-25)15-3-8-18-19(14-15)24-20-2-1-9-26(20)22(18)28/h3-8,14H,1-2,9-13H2,(H,23,27). The maximum atomic E-state index is 12.7. The molecule has 0 atom stereocenters. The molecule has 7 nitrogen and oxygen atoms in total. The van der Waals surface area contributed by atoms with Gasteiger partial charge in [-0.2, -0.15) is 0 Å². The predicted octanol–water partition coefficient (Wildman–Crippen LogP) is 2.43. The number of carbonyl (C=O) groups is 1. The molecule has 0 radical (unpaired) electrons. The molecule has 5 rings (SSSR count). The summed E-state index contributed by atoms with van der Waals surface area (Å²) in [5, 5.41) is 3.48. The van der Waals surface area contributed by atoms with Crippen molar-refractivity contribution in [3.05, 3.63) is 64.2 Å². The van der Waals surface area contributed by atoms with E-state index in [0.717, 1.165) is 62.9 Å². The lowest BCUT2D eigenvalue weighted by atomic mass is 10.1. The summed E-state index contributed by atoms with van der Waals surface area (Å²) < 4.78 is 7.12. The van der Waals surface area contributed by atoms with Gasteiger partial charge in [-0.15, -0.1) is 0 Å². The number of carbonyl (C=O) groups excluding carboxylic acids is 1. The minimum absolute atomic E-state index is 0.0202. The monoisotopic (exact) mass is 390 g/mol. The van der Waals surface area contributed by atoms with Crippen molar-refractivity contribution in [2.24, 2.45) is 0 Å². The van der Waals surface area contributed by atoms with Crippen LogP contribution in [0.1, 0.15) is 22.6 Å². The molecule has 0 saturated carbocycles. The van der Waals surface area contributed by atoms with Gasteiger partial charge in [0, 0.05) is 43.0 Å². The molecule has 2 aliphatic rings. The van der Waals surface area contributed by atoms with E-state index in [2.05, 4.69) is 15.2 Å². The topological polar surface area (TPSA) is 76.5 Å². The average Bonchev–Trinajstić information content (AvgIpc) is 3.23.